The Balaban J connectivity index is 1.64. The normalized spacial score (nSPS) is 14.0. The fourth-order valence-electron chi connectivity index (χ4n) is 1.93. The Hall–Kier alpha value is -2.27. The van der Waals surface area contributed by atoms with Crippen molar-refractivity contribution in [2.24, 2.45) is 0 Å². The minimum atomic E-state index is -0.196. The first-order chi connectivity index (χ1) is 9.81. The Morgan fingerprint density at radius 1 is 1.25 bits per heavy atom. The van der Waals surface area contributed by atoms with E-state index >= 15 is 0 Å². The van der Waals surface area contributed by atoms with Crippen molar-refractivity contribution >= 4 is 11.6 Å². The van der Waals surface area contributed by atoms with E-state index in [1.54, 1.807) is 0 Å². The van der Waals surface area contributed by atoms with E-state index in [0.717, 1.165) is 12.2 Å². The van der Waals surface area contributed by atoms with E-state index in [0.29, 0.717) is 11.6 Å². The third-order valence-corrected chi connectivity index (χ3v) is 3.18. The summed E-state index contributed by atoms with van der Waals surface area (Å²) in [5.74, 6) is -0.196. The second kappa shape index (κ2) is 5.79. The monoisotopic (exact) mass is 268 g/mol. The number of rotatable bonds is 5. The highest BCUT2D eigenvalue weighted by Gasteiger charge is 2.19. The molecule has 20 heavy (non-hydrogen) atoms. The molecule has 0 aliphatic heterocycles. The number of aromatic nitrogens is 2. The molecule has 3 rings (SSSR count). The van der Waals surface area contributed by atoms with Gasteiger partial charge in [0.1, 0.15) is 6.33 Å². The Kier molecular flexibility index (Phi) is 3.69. The van der Waals surface area contributed by atoms with Gasteiger partial charge in [0, 0.05) is 30.7 Å². The number of benzene rings is 1. The molecule has 1 saturated carbocycles. The summed E-state index contributed by atoms with van der Waals surface area (Å²) in [4.78, 5) is 19.7. The Labute approximate surface area is 117 Å². The van der Waals surface area contributed by atoms with Crippen LogP contribution < -0.4 is 10.6 Å². The fraction of sp³-hybridized carbons (Fsp3) is 0.267. The molecule has 0 spiro atoms. The molecule has 1 aromatic heterocycles. The van der Waals surface area contributed by atoms with Crippen molar-refractivity contribution in [2.45, 2.75) is 25.4 Å². The molecule has 1 heterocycles. The zero-order valence-electron chi connectivity index (χ0n) is 11.0. The molecular weight excluding hydrogens is 252 g/mol. The van der Waals surface area contributed by atoms with Crippen LogP contribution in [0, 0.1) is 0 Å². The molecule has 5 nitrogen and oxygen atoms in total. The van der Waals surface area contributed by atoms with Gasteiger partial charge in [-0.15, -0.1) is 0 Å². The predicted octanol–water partition coefficient (Wildman–Crippen LogP) is 1.98. The highest BCUT2D eigenvalue weighted by Crippen LogP contribution is 2.20. The maximum atomic E-state index is 12.0. The molecule has 0 radical (unpaired) electrons. The van der Waals surface area contributed by atoms with Gasteiger partial charge in [-0.3, -0.25) is 4.79 Å². The summed E-state index contributed by atoms with van der Waals surface area (Å²) in [5, 5.41) is 6.31. The summed E-state index contributed by atoms with van der Waals surface area (Å²) in [6.07, 6.45) is 6.94. The van der Waals surface area contributed by atoms with E-state index in [4.69, 9.17) is 0 Å². The van der Waals surface area contributed by atoms with Crippen molar-refractivity contribution in [3.05, 3.63) is 54.1 Å². The predicted molar refractivity (Wildman–Crippen MR) is 76.3 cm³/mol. The molecule has 2 aromatic rings. The molecule has 1 aliphatic rings. The van der Waals surface area contributed by atoms with E-state index in [-0.39, 0.29) is 5.91 Å². The molecule has 1 fully saturated rings. The molecule has 0 unspecified atom stereocenters. The molecule has 2 N–H and O–H groups in total. The van der Waals surface area contributed by atoms with E-state index in [9.17, 15) is 4.79 Å². The van der Waals surface area contributed by atoms with Crippen LogP contribution in [-0.4, -0.2) is 21.9 Å². The Morgan fingerprint density at radius 3 is 2.80 bits per heavy atom. The van der Waals surface area contributed by atoms with Gasteiger partial charge < -0.3 is 10.6 Å². The van der Waals surface area contributed by atoms with Gasteiger partial charge in [-0.1, -0.05) is 12.1 Å². The molecule has 102 valence electrons. The van der Waals surface area contributed by atoms with Crippen LogP contribution in [0.5, 0.6) is 0 Å². The Morgan fingerprint density at radius 2 is 2.05 bits per heavy atom. The first-order valence-corrected chi connectivity index (χ1v) is 6.70. The van der Waals surface area contributed by atoms with Gasteiger partial charge in [0.05, 0.1) is 5.56 Å². The van der Waals surface area contributed by atoms with Crippen molar-refractivity contribution in [1.82, 2.24) is 15.3 Å². The second-order valence-electron chi connectivity index (χ2n) is 4.94. The first-order valence-electron chi connectivity index (χ1n) is 6.70. The van der Waals surface area contributed by atoms with Gasteiger partial charge in [-0.2, -0.15) is 0 Å². The van der Waals surface area contributed by atoms with Crippen molar-refractivity contribution in [2.75, 3.05) is 5.32 Å². The summed E-state index contributed by atoms with van der Waals surface area (Å²) < 4.78 is 0. The van der Waals surface area contributed by atoms with Gasteiger partial charge >= 0.3 is 0 Å². The first kappa shape index (κ1) is 12.7. The average Bonchev–Trinajstić information content (AvgIpc) is 3.31. The maximum Gasteiger partial charge on any atom is 0.258 e. The molecule has 0 saturated heterocycles. The molecule has 1 aliphatic carbocycles. The zero-order valence-corrected chi connectivity index (χ0v) is 11.0. The van der Waals surface area contributed by atoms with Crippen LogP contribution in [-0.2, 0) is 6.54 Å². The maximum absolute atomic E-state index is 12.0. The van der Waals surface area contributed by atoms with E-state index in [1.807, 2.05) is 18.2 Å². The standard InChI is InChI=1S/C15H16N4O/c20-15(12-8-16-10-17-9-12)19-14-3-1-2-11(6-14)7-18-13-4-5-13/h1-3,6,8-10,13,18H,4-5,7H2,(H,19,20). The number of nitrogens with one attached hydrogen (secondary N) is 2. The highest BCUT2D eigenvalue weighted by molar-refractivity contribution is 6.03. The molecule has 1 amide bonds. The van der Waals surface area contributed by atoms with Crippen LogP contribution >= 0.6 is 0 Å². The van der Waals surface area contributed by atoms with Crippen molar-refractivity contribution in [1.29, 1.82) is 0 Å². The lowest BCUT2D eigenvalue weighted by Gasteiger charge is -2.08. The summed E-state index contributed by atoms with van der Waals surface area (Å²) in [6, 6.07) is 8.53. The third kappa shape index (κ3) is 3.39. The lowest BCUT2D eigenvalue weighted by molar-refractivity contribution is 0.102. The molecule has 1 aromatic carbocycles. The van der Waals surface area contributed by atoms with Gasteiger partial charge in [0.2, 0.25) is 0 Å². The van der Waals surface area contributed by atoms with Crippen LogP contribution in [0.3, 0.4) is 0 Å². The van der Waals surface area contributed by atoms with Crippen LogP contribution in [0.4, 0.5) is 5.69 Å². The minimum Gasteiger partial charge on any atom is -0.322 e. The number of hydrogen-bond donors (Lipinski definition) is 2. The highest BCUT2D eigenvalue weighted by atomic mass is 16.1. The lowest BCUT2D eigenvalue weighted by Crippen LogP contribution is -2.16. The van der Waals surface area contributed by atoms with Gasteiger partial charge in [0.25, 0.3) is 5.91 Å². The van der Waals surface area contributed by atoms with Gasteiger partial charge in [-0.05, 0) is 30.5 Å². The number of amides is 1. The molecule has 5 heteroatoms. The number of carbonyl (C=O) groups excluding carboxylic acids is 1. The largest absolute Gasteiger partial charge is 0.322 e. The summed E-state index contributed by atoms with van der Waals surface area (Å²) in [5.41, 5.74) is 2.40. The summed E-state index contributed by atoms with van der Waals surface area (Å²) in [6.45, 7) is 0.836. The second-order valence-corrected chi connectivity index (χ2v) is 4.94. The lowest BCUT2D eigenvalue weighted by atomic mass is 10.2. The summed E-state index contributed by atoms with van der Waals surface area (Å²) in [7, 11) is 0. The van der Waals surface area contributed by atoms with Gasteiger partial charge in [0.15, 0.2) is 0 Å². The van der Waals surface area contributed by atoms with E-state index in [2.05, 4.69) is 26.7 Å². The zero-order chi connectivity index (χ0) is 13.8. The van der Waals surface area contributed by atoms with Crippen LogP contribution in [0.1, 0.15) is 28.8 Å². The number of anilines is 1. The van der Waals surface area contributed by atoms with Crippen LogP contribution in [0.2, 0.25) is 0 Å². The number of hydrogen-bond acceptors (Lipinski definition) is 4. The average molecular weight is 268 g/mol. The molecule has 0 bridgehead atoms. The fourth-order valence-corrected chi connectivity index (χ4v) is 1.93. The smallest absolute Gasteiger partial charge is 0.258 e. The van der Waals surface area contributed by atoms with E-state index < -0.39 is 0 Å². The van der Waals surface area contributed by atoms with E-state index in [1.165, 1.54) is 37.1 Å². The number of nitrogens with zero attached hydrogens (tertiary/aromatic N) is 2. The van der Waals surface area contributed by atoms with Crippen molar-refractivity contribution < 1.29 is 4.79 Å². The number of carbonyl (C=O) groups is 1. The SMILES string of the molecule is O=C(Nc1cccc(CNC2CC2)c1)c1cncnc1. The molecule has 0 atom stereocenters. The summed E-state index contributed by atoms with van der Waals surface area (Å²) >= 11 is 0. The van der Waals surface area contributed by atoms with Crippen molar-refractivity contribution in [3.63, 3.8) is 0 Å². The quantitative estimate of drug-likeness (QED) is 0.870. The minimum absolute atomic E-state index is 0.196. The van der Waals surface area contributed by atoms with Crippen molar-refractivity contribution in [3.8, 4) is 0 Å². The van der Waals surface area contributed by atoms with Gasteiger partial charge in [-0.25, -0.2) is 9.97 Å². The third-order valence-electron chi connectivity index (χ3n) is 3.18. The molecular formula is C15H16N4O. The van der Waals surface area contributed by atoms with Crippen LogP contribution in [0.15, 0.2) is 43.0 Å². The topological polar surface area (TPSA) is 66.9 Å². The Bertz CT molecular complexity index is 596. The van der Waals surface area contributed by atoms with Crippen LogP contribution in [0.25, 0.3) is 0 Å².